The number of para-hydroxylation sites is 1. The summed E-state index contributed by atoms with van der Waals surface area (Å²) in [5.74, 6) is -0.404. The van der Waals surface area contributed by atoms with E-state index in [4.69, 9.17) is 5.73 Å². The van der Waals surface area contributed by atoms with Crippen LogP contribution in [-0.4, -0.2) is 24.3 Å². The largest absolute Gasteiger partial charge is 0.398 e. The molecule has 26 heavy (non-hydrogen) atoms. The molecule has 0 radical (unpaired) electrons. The van der Waals surface area contributed by atoms with Crippen molar-refractivity contribution in [2.45, 2.75) is 4.90 Å². The summed E-state index contributed by atoms with van der Waals surface area (Å²) in [7, 11) is -3.83. The molecule has 3 aromatic rings. The second-order valence-corrected chi connectivity index (χ2v) is 6.93. The Morgan fingerprint density at radius 3 is 2.23 bits per heavy atom. The van der Waals surface area contributed by atoms with Crippen molar-refractivity contribution in [3.05, 3.63) is 72.6 Å². The van der Waals surface area contributed by atoms with E-state index in [0.717, 1.165) is 0 Å². The Kier molecular flexibility index (Phi) is 4.81. The molecule has 132 valence electrons. The highest BCUT2D eigenvalue weighted by Crippen LogP contribution is 2.18. The number of aromatic nitrogens is 2. The quantitative estimate of drug-likeness (QED) is 0.591. The van der Waals surface area contributed by atoms with Gasteiger partial charge in [-0.3, -0.25) is 4.79 Å². The number of carbonyl (C=O) groups is 1. The molecule has 0 aliphatic rings. The molecule has 0 saturated heterocycles. The molecule has 0 saturated carbocycles. The Morgan fingerprint density at radius 2 is 1.58 bits per heavy atom. The average Bonchev–Trinajstić information content (AvgIpc) is 2.63. The number of nitrogens with zero attached hydrogens (tertiary/aromatic N) is 2. The molecule has 0 aliphatic carbocycles. The topological polar surface area (TPSA) is 127 Å². The third kappa shape index (κ3) is 3.95. The van der Waals surface area contributed by atoms with Crippen LogP contribution in [-0.2, 0) is 10.0 Å². The van der Waals surface area contributed by atoms with Gasteiger partial charge in [0.1, 0.15) is 0 Å². The standard InChI is InChI=1S/C17H15N5O3S/c18-15-5-2-1-4-14(15)16(23)21-12-6-8-13(9-7-12)26(24,25)22-17-19-10-3-11-20-17/h1-11H,18H2,(H,21,23)(H,19,20,22). The molecule has 0 unspecified atom stereocenters. The van der Waals surface area contributed by atoms with Crippen molar-refractivity contribution in [1.82, 2.24) is 9.97 Å². The second-order valence-electron chi connectivity index (χ2n) is 5.24. The lowest BCUT2D eigenvalue weighted by Crippen LogP contribution is -2.16. The third-order valence-corrected chi connectivity index (χ3v) is 4.76. The molecule has 0 atom stereocenters. The number of hydrogen-bond acceptors (Lipinski definition) is 6. The van der Waals surface area contributed by atoms with Gasteiger partial charge in [0.05, 0.1) is 10.5 Å². The first-order chi connectivity index (χ1) is 12.5. The maximum Gasteiger partial charge on any atom is 0.264 e. The average molecular weight is 369 g/mol. The minimum Gasteiger partial charge on any atom is -0.398 e. The van der Waals surface area contributed by atoms with Crippen molar-refractivity contribution in [2.75, 3.05) is 15.8 Å². The summed E-state index contributed by atoms with van der Waals surface area (Å²) in [6.07, 6.45) is 2.86. The highest BCUT2D eigenvalue weighted by atomic mass is 32.2. The number of rotatable bonds is 5. The first-order valence-corrected chi connectivity index (χ1v) is 9.00. The first kappa shape index (κ1) is 17.4. The normalized spacial score (nSPS) is 10.9. The van der Waals surface area contributed by atoms with Gasteiger partial charge in [0.2, 0.25) is 5.95 Å². The van der Waals surface area contributed by atoms with Crippen LogP contribution in [0.5, 0.6) is 0 Å². The van der Waals surface area contributed by atoms with Gasteiger partial charge in [0, 0.05) is 23.8 Å². The lowest BCUT2D eigenvalue weighted by atomic mass is 10.1. The Morgan fingerprint density at radius 1 is 0.923 bits per heavy atom. The number of amides is 1. The number of anilines is 3. The smallest absolute Gasteiger partial charge is 0.264 e. The number of carbonyl (C=O) groups excluding carboxylic acids is 1. The molecule has 0 spiro atoms. The fourth-order valence-corrected chi connectivity index (χ4v) is 3.11. The summed E-state index contributed by atoms with van der Waals surface area (Å²) in [4.78, 5) is 19.9. The lowest BCUT2D eigenvalue weighted by molar-refractivity contribution is 0.102. The molecular formula is C17H15N5O3S. The molecule has 1 aromatic heterocycles. The van der Waals surface area contributed by atoms with Gasteiger partial charge in [0.15, 0.2) is 0 Å². The molecule has 3 rings (SSSR count). The van der Waals surface area contributed by atoms with Crippen molar-refractivity contribution in [3.8, 4) is 0 Å². The summed E-state index contributed by atoms with van der Waals surface area (Å²) in [6.45, 7) is 0. The molecular weight excluding hydrogens is 354 g/mol. The van der Waals surface area contributed by atoms with Crippen LogP contribution in [0.15, 0.2) is 71.9 Å². The number of nitrogen functional groups attached to an aromatic ring is 1. The van der Waals surface area contributed by atoms with Crippen LogP contribution in [0.2, 0.25) is 0 Å². The molecule has 8 nitrogen and oxygen atoms in total. The van der Waals surface area contributed by atoms with Gasteiger partial charge in [-0.1, -0.05) is 12.1 Å². The van der Waals surface area contributed by atoms with Crippen LogP contribution in [0.4, 0.5) is 17.3 Å². The van der Waals surface area contributed by atoms with E-state index in [-0.39, 0.29) is 16.8 Å². The van der Waals surface area contributed by atoms with Gasteiger partial charge in [-0.2, -0.15) is 0 Å². The first-order valence-electron chi connectivity index (χ1n) is 7.51. The van der Waals surface area contributed by atoms with Crippen LogP contribution in [0.25, 0.3) is 0 Å². The predicted molar refractivity (Wildman–Crippen MR) is 98.1 cm³/mol. The van der Waals surface area contributed by atoms with Gasteiger partial charge in [0.25, 0.3) is 15.9 Å². The van der Waals surface area contributed by atoms with E-state index in [9.17, 15) is 13.2 Å². The van der Waals surface area contributed by atoms with Crippen LogP contribution in [0.1, 0.15) is 10.4 Å². The minimum absolute atomic E-state index is 0.0159. The predicted octanol–water partition coefficient (Wildman–Crippen LogP) is 2.11. The summed E-state index contributed by atoms with van der Waals surface area (Å²) in [5.41, 5.74) is 6.91. The zero-order valence-corrected chi connectivity index (χ0v) is 14.3. The molecule has 1 heterocycles. The van der Waals surface area contributed by atoms with Crippen molar-refractivity contribution in [2.24, 2.45) is 0 Å². The van der Waals surface area contributed by atoms with E-state index in [0.29, 0.717) is 16.9 Å². The van der Waals surface area contributed by atoms with Crippen LogP contribution in [0.3, 0.4) is 0 Å². The number of sulfonamides is 1. The molecule has 2 aromatic carbocycles. The van der Waals surface area contributed by atoms with Crippen molar-refractivity contribution < 1.29 is 13.2 Å². The van der Waals surface area contributed by atoms with E-state index < -0.39 is 10.0 Å². The number of nitrogens with one attached hydrogen (secondary N) is 2. The SMILES string of the molecule is Nc1ccccc1C(=O)Nc1ccc(S(=O)(=O)Nc2ncccn2)cc1. The number of nitrogens with two attached hydrogens (primary N) is 1. The number of hydrogen-bond donors (Lipinski definition) is 3. The molecule has 4 N–H and O–H groups in total. The van der Waals surface area contributed by atoms with Crippen LogP contribution < -0.4 is 15.8 Å². The summed E-state index contributed by atoms with van der Waals surface area (Å²) < 4.78 is 26.9. The highest BCUT2D eigenvalue weighted by Gasteiger charge is 2.16. The molecule has 9 heteroatoms. The van der Waals surface area contributed by atoms with Gasteiger partial charge in [-0.25, -0.2) is 23.1 Å². The van der Waals surface area contributed by atoms with Gasteiger partial charge in [-0.05, 0) is 42.5 Å². The Bertz CT molecular complexity index is 1020. The van der Waals surface area contributed by atoms with Gasteiger partial charge < -0.3 is 11.1 Å². The minimum atomic E-state index is -3.83. The van der Waals surface area contributed by atoms with Crippen molar-refractivity contribution >= 4 is 33.3 Å². The monoisotopic (exact) mass is 369 g/mol. The van der Waals surface area contributed by atoms with Gasteiger partial charge >= 0.3 is 0 Å². The lowest BCUT2D eigenvalue weighted by Gasteiger charge is -2.09. The third-order valence-electron chi connectivity index (χ3n) is 3.42. The zero-order chi connectivity index (χ0) is 18.6. The van der Waals surface area contributed by atoms with Crippen molar-refractivity contribution in [1.29, 1.82) is 0 Å². The highest BCUT2D eigenvalue weighted by molar-refractivity contribution is 7.92. The molecule has 0 aliphatic heterocycles. The fourth-order valence-electron chi connectivity index (χ4n) is 2.15. The van der Waals surface area contributed by atoms with Gasteiger partial charge in [-0.15, -0.1) is 0 Å². The maximum absolute atomic E-state index is 12.3. The van der Waals surface area contributed by atoms with E-state index in [1.165, 1.54) is 36.7 Å². The van der Waals surface area contributed by atoms with E-state index in [1.54, 1.807) is 30.3 Å². The Hall–Kier alpha value is -3.46. The van der Waals surface area contributed by atoms with Crippen molar-refractivity contribution in [3.63, 3.8) is 0 Å². The molecule has 0 fully saturated rings. The van der Waals surface area contributed by atoms with Crippen LogP contribution in [0, 0.1) is 0 Å². The molecule has 1 amide bonds. The Balaban J connectivity index is 1.74. The summed E-state index contributed by atoms with van der Waals surface area (Å²) >= 11 is 0. The van der Waals surface area contributed by atoms with E-state index in [1.807, 2.05) is 0 Å². The summed E-state index contributed by atoms with van der Waals surface area (Å²) in [6, 6.07) is 14.0. The van der Waals surface area contributed by atoms with E-state index in [2.05, 4.69) is 20.0 Å². The zero-order valence-electron chi connectivity index (χ0n) is 13.5. The second kappa shape index (κ2) is 7.19. The molecule has 0 bridgehead atoms. The maximum atomic E-state index is 12.3. The van der Waals surface area contributed by atoms with E-state index >= 15 is 0 Å². The Labute approximate surface area is 150 Å². The fraction of sp³-hybridized carbons (Fsp3) is 0. The number of benzene rings is 2. The van der Waals surface area contributed by atoms with Crippen LogP contribution >= 0.6 is 0 Å². The summed E-state index contributed by atoms with van der Waals surface area (Å²) in [5, 5.41) is 2.67.